The van der Waals surface area contributed by atoms with Crippen molar-refractivity contribution < 1.29 is 39.3 Å². The molecule has 0 saturated carbocycles. The molecule has 1 rings (SSSR count). The zero-order chi connectivity index (χ0) is 4.24. The molecule has 1 aliphatic rings. The molecule has 7 heavy (non-hydrogen) atoms. The Balaban J connectivity index is 0.000000360. The van der Waals surface area contributed by atoms with E-state index in [0.29, 0.717) is 6.61 Å². The predicted molar refractivity (Wildman–Crippen MR) is 20.8 cm³/mol. The van der Waals surface area contributed by atoms with Crippen LogP contribution in [0.5, 0.6) is 0 Å². The maximum absolute atomic E-state index is 4.54. The standard InChI is InChI=1S/C4H7O2.Na/c1-2-4-6-5-3-1;/h1H,2-4H2;/q-1;+1. The van der Waals surface area contributed by atoms with Crippen LogP contribution in [-0.2, 0) is 9.78 Å². The van der Waals surface area contributed by atoms with Crippen LogP contribution in [-0.4, -0.2) is 13.2 Å². The van der Waals surface area contributed by atoms with Crippen molar-refractivity contribution >= 4 is 0 Å². The fourth-order valence-corrected chi connectivity index (χ4v) is 0.370. The molecule has 0 aromatic heterocycles. The van der Waals surface area contributed by atoms with Gasteiger partial charge < -0.3 is 0 Å². The van der Waals surface area contributed by atoms with Crippen LogP contribution in [0.1, 0.15) is 6.42 Å². The van der Waals surface area contributed by atoms with E-state index in [4.69, 9.17) is 0 Å². The monoisotopic (exact) mass is 110 g/mol. The smallest absolute Gasteiger partial charge is 0.298 e. The number of rotatable bonds is 0. The van der Waals surface area contributed by atoms with Gasteiger partial charge in [-0.05, 0) is 6.61 Å². The molecule has 0 aliphatic carbocycles. The summed E-state index contributed by atoms with van der Waals surface area (Å²) in [7, 11) is 0. The molecular weight excluding hydrogens is 103 g/mol. The zero-order valence-corrected chi connectivity index (χ0v) is 6.52. The van der Waals surface area contributed by atoms with E-state index < -0.39 is 0 Å². The minimum absolute atomic E-state index is 0. The number of hydrogen-bond donors (Lipinski definition) is 0. The third-order valence-electron chi connectivity index (χ3n) is 0.675. The van der Waals surface area contributed by atoms with E-state index >= 15 is 0 Å². The van der Waals surface area contributed by atoms with Crippen LogP contribution >= 0.6 is 0 Å². The van der Waals surface area contributed by atoms with E-state index in [2.05, 4.69) is 9.78 Å². The molecule has 0 radical (unpaired) electrons. The topological polar surface area (TPSA) is 18.5 Å². The summed E-state index contributed by atoms with van der Waals surface area (Å²) in [5, 5.41) is 0. The Labute approximate surface area is 65.4 Å². The molecule has 0 atom stereocenters. The van der Waals surface area contributed by atoms with Gasteiger partial charge >= 0.3 is 29.6 Å². The predicted octanol–water partition coefficient (Wildman–Crippen LogP) is -2.45. The van der Waals surface area contributed by atoms with Crippen molar-refractivity contribution in [3.63, 3.8) is 0 Å². The molecule has 1 aliphatic heterocycles. The SMILES string of the molecule is [CH-]1CCOOC1.[Na+]. The average Bonchev–Trinajstić information content (AvgIpc) is 1.72. The molecule has 0 aromatic rings. The van der Waals surface area contributed by atoms with Gasteiger partial charge in [-0.2, -0.15) is 6.42 Å². The van der Waals surface area contributed by atoms with E-state index in [0.717, 1.165) is 13.0 Å². The molecule has 3 heteroatoms. The van der Waals surface area contributed by atoms with Crippen LogP contribution in [0.4, 0.5) is 0 Å². The molecule has 1 saturated heterocycles. The van der Waals surface area contributed by atoms with Crippen molar-refractivity contribution in [3.8, 4) is 0 Å². The first-order chi connectivity index (χ1) is 3.00. The van der Waals surface area contributed by atoms with Crippen LogP contribution < -0.4 is 29.6 Å². The van der Waals surface area contributed by atoms with Gasteiger partial charge in [-0.1, -0.05) is 0 Å². The molecule has 0 bridgehead atoms. The molecular formula is C4H7NaO2. The summed E-state index contributed by atoms with van der Waals surface area (Å²) < 4.78 is 0. The van der Waals surface area contributed by atoms with Crippen molar-refractivity contribution in [2.24, 2.45) is 0 Å². The molecule has 0 spiro atoms. The van der Waals surface area contributed by atoms with Crippen LogP contribution in [0.3, 0.4) is 0 Å². The quantitative estimate of drug-likeness (QED) is 0.196. The van der Waals surface area contributed by atoms with Gasteiger partial charge in [0.2, 0.25) is 0 Å². The van der Waals surface area contributed by atoms with Gasteiger partial charge in [-0.25, -0.2) is 4.89 Å². The van der Waals surface area contributed by atoms with Gasteiger partial charge in [0.25, 0.3) is 0 Å². The van der Waals surface area contributed by atoms with Gasteiger partial charge in [-0.3, -0.25) is 11.3 Å². The second kappa shape index (κ2) is 5.06. The Morgan fingerprint density at radius 3 is 2.29 bits per heavy atom. The molecule has 0 amide bonds. The largest absolute Gasteiger partial charge is 1.00 e. The van der Waals surface area contributed by atoms with Gasteiger partial charge in [0, 0.05) is 0 Å². The van der Waals surface area contributed by atoms with Gasteiger partial charge in [-0.15, -0.1) is 0 Å². The molecule has 36 valence electrons. The maximum atomic E-state index is 4.54. The normalized spacial score (nSPS) is 20.6. The van der Waals surface area contributed by atoms with Gasteiger partial charge in [0.1, 0.15) is 0 Å². The zero-order valence-electron chi connectivity index (χ0n) is 4.52. The van der Waals surface area contributed by atoms with Crippen molar-refractivity contribution in [1.82, 2.24) is 0 Å². The van der Waals surface area contributed by atoms with Gasteiger partial charge in [0.05, 0.1) is 6.61 Å². The van der Waals surface area contributed by atoms with Crippen molar-refractivity contribution in [2.75, 3.05) is 13.2 Å². The van der Waals surface area contributed by atoms with Crippen molar-refractivity contribution in [3.05, 3.63) is 6.42 Å². The fourth-order valence-electron chi connectivity index (χ4n) is 0.370. The van der Waals surface area contributed by atoms with E-state index in [1.807, 2.05) is 6.42 Å². The summed E-state index contributed by atoms with van der Waals surface area (Å²) in [5.41, 5.74) is 0. The summed E-state index contributed by atoms with van der Waals surface area (Å²) in [5.74, 6) is 0. The van der Waals surface area contributed by atoms with Crippen molar-refractivity contribution in [2.45, 2.75) is 6.42 Å². The molecule has 0 unspecified atom stereocenters. The molecule has 2 nitrogen and oxygen atoms in total. The summed E-state index contributed by atoms with van der Waals surface area (Å²) in [6.45, 7) is 1.38. The molecule has 1 heterocycles. The third kappa shape index (κ3) is 3.50. The average molecular weight is 110 g/mol. The Morgan fingerprint density at radius 2 is 2.14 bits per heavy atom. The van der Waals surface area contributed by atoms with Crippen LogP contribution in [0.2, 0.25) is 0 Å². The Bertz CT molecular complexity index is 25.2. The Morgan fingerprint density at radius 1 is 1.29 bits per heavy atom. The van der Waals surface area contributed by atoms with Gasteiger partial charge in [0.15, 0.2) is 0 Å². The van der Waals surface area contributed by atoms with E-state index in [9.17, 15) is 0 Å². The summed E-state index contributed by atoms with van der Waals surface area (Å²) in [4.78, 5) is 9.05. The Hall–Kier alpha value is 0.920. The molecule has 0 N–H and O–H groups in total. The van der Waals surface area contributed by atoms with E-state index in [1.54, 1.807) is 0 Å². The maximum Gasteiger partial charge on any atom is 1.00 e. The first-order valence-corrected chi connectivity index (χ1v) is 2.06. The minimum Gasteiger partial charge on any atom is -0.298 e. The first-order valence-electron chi connectivity index (χ1n) is 2.06. The second-order valence-electron chi connectivity index (χ2n) is 1.18. The van der Waals surface area contributed by atoms with Crippen LogP contribution in [0, 0.1) is 6.42 Å². The Kier molecular flexibility index (Phi) is 5.73. The third-order valence-corrected chi connectivity index (χ3v) is 0.675. The van der Waals surface area contributed by atoms with Crippen LogP contribution in [0.25, 0.3) is 0 Å². The fraction of sp³-hybridized carbons (Fsp3) is 0.750. The number of hydrogen-bond acceptors (Lipinski definition) is 2. The van der Waals surface area contributed by atoms with E-state index in [1.165, 1.54) is 0 Å². The first kappa shape index (κ1) is 7.92. The summed E-state index contributed by atoms with van der Waals surface area (Å²) >= 11 is 0. The van der Waals surface area contributed by atoms with Crippen molar-refractivity contribution in [1.29, 1.82) is 0 Å². The second-order valence-corrected chi connectivity index (χ2v) is 1.18. The summed E-state index contributed by atoms with van der Waals surface area (Å²) in [6, 6.07) is 0. The summed E-state index contributed by atoms with van der Waals surface area (Å²) in [6.07, 6.45) is 3.07. The molecule has 0 aromatic carbocycles. The molecule has 1 fully saturated rings. The van der Waals surface area contributed by atoms with Crippen LogP contribution in [0.15, 0.2) is 0 Å². The van der Waals surface area contributed by atoms with E-state index in [-0.39, 0.29) is 29.6 Å². The minimum atomic E-state index is 0.